The zero-order valence-electron chi connectivity index (χ0n) is 6.09. The van der Waals surface area contributed by atoms with E-state index in [9.17, 15) is 0 Å². The Kier molecular flexibility index (Phi) is 7.37. The van der Waals surface area contributed by atoms with Crippen LogP contribution in [0.15, 0.2) is 12.2 Å². The lowest BCUT2D eigenvalue weighted by Crippen LogP contribution is -2.00. The van der Waals surface area contributed by atoms with Crippen LogP contribution in [0.1, 0.15) is 6.92 Å². The van der Waals surface area contributed by atoms with E-state index in [1.165, 1.54) is 0 Å². The molecule has 0 spiro atoms. The molecular weight excluding hydrogens is 116 g/mol. The van der Waals surface area contributed by atoms with E-state index in [0.717, 1.165) is 0 Å². The Bertz CT molecular complexity index is 69.3. The molecule has 2 heteroatoms. The Morgan fingerprint density at radius 2 is 2.11 bits per heavy atom. The van der Waals surface area contributed by atoms with Gasteiger partial charge < -0.3 is 9.47 Å². The molecule has 0 atom stereocenters. The normalized spacial score (nSPS) is 10.9. The van der Waals surface area contributed by atoms with Gasteiger partial charge in [-0.1, -0.05) is 12.2 Å². The van der Waals surface area contributed by atoms with Crippen LogP contribution in [0.4, 0.5) is 0 Å². The Morgan fingerprint density at radius 1 is 1.33 bits per heavy atom. The van der Waals surface area contributed by atoms with Gasteiger partial charge in [-0.25, -0.2) is 0 Å². The van der Waals surface area contributed by atoms with E-state index in [-0.39, 0.29) is 0 Å². The van der Waals surface area contributed by atoms with Crippen LogP contribution in [0.3, 0.4) is 0 Å². The summed E-state index contributed by atoms with van der Waals surface area (Å²) >= 11 is 0. The van der Waals surface area contributed by atoms with Crippen LogP contribution in [0, 0.1) is 0 Å². The first-order valence-corrected chi connectivity index (χ1v) is 3.09. The van der Waals surface area contributed by atoms with Crippen molar-refractivity contribution in [3.05, 3.63) is 12.2 Å². The smallest absolute Gasteiger partial charge is 0.0704 e. The number of methoxy groups -OCH3 is 1. The SMILES string of the molecule is C/C=C/COCCOC. The molecular formula is C7H14O2. The average Bonchev–Trinajstić information content (AvgIpc) is 1.89. The van der Waals surface area contributed by atoms with Crippen LogP contribution in [0.2, 0.25) is 0 Å². The lowest BCUT2D eigenvalue weighted by molar-refractivity contribution is 0.0853. The summed E-state index contributed by atoms with van der Waals surface area (Å²) in [5, 5.41) is 0. The number of hydrogen-bond acceptors (Lipinski definition) is 2. The fourth-order valence-corrected chi connectivity index (χ4v) is 0.390. The van der Waals surface area contributed by atoms with Crippen LogP contribution in [0.25, 0.3) is 0 Å². The van der Waals surface area contributed by atoms with Crippen LogP contribution in [-0.4, -0.2) is 26.9 Å². The monoisotopic (exact) mass is 130 g/mol. The Morgan fingerprint density at radius 3 is 2.67 bits per heavy atom. The van der Waals surface area contributed by atoms with Crippen LogP contribution < -0.4 is 0 Å². The summed E-state index contributed by atoms with van der Waals surface area (Å²) in [7, 11) is 1.67. The lowest BCUT2D eigenvalue weighted by Gasteiger charge is -1.97. The standard InChI is InChI=1S/C7H14O2/c1-3-4-5-9-7-6-8-2/h3-4H,5-7H2,1-2H3/b4-3+. The minimum Gasteiger partial charge on any atom is -0.382 e. The highest BCUT2D eigenvalue weighted by molar-refractivity contribution is 4.75. The number of allylic oxidation sites excluding steroid dienone is 1. The minimum atomic E-state index is 0.678. The zero-order chi connectivity index (χ0) is 6.95. The van der Waals surface area contributed by atoms with E-state index < -0.39 is 0 Å². The van der Waals surface area contributed by atoms with Gasteiger partial charge in [0.2, 0.25) is 0 Å². The van der Waals surface area contributed by atoms with E-state index in [0.29, 0.717) is 19.8 Å². The van der Waals surface area contributed by atoms with E-state index >= 15 is 0 Å². The molecule has 0 aromatic carbocycles. The molecule has 0 aliphatic rings. The summed E-state index contributed by atoms with van der Waals surface area (Å²) in [6, 6.07) is 0. The summed E-state index contributed by atoms with van der Waals surface area (Å²) in [6.45, 7) is 4.03. The second kappa shape index (κ2) is 7.66. The molecule has 0 heterocycles. The average molecular weight is 130 g/mol. The van der Waals surface area contributed by atoms with E-state index in [1.54, 1.807) is 7.11 Å². The first-order valence-electron chi connectivity index (χ1n) is 3.09. The maximum Gasteiger partial charge on any atom is 0.0704 e. The minimum absolute atomic E-state index is 0.678. The van der Waals surface area contributed by atoms with Gasteiger partial charge in [0.15, 0.2) is 0 Å². The van der Waals surface area contributed by atoms with Gasteiger partial charge in [-0.2, -0.15) is 0 Å². The van der Waals surface area contributed by atoms with Crippen molar-refractivity contribution < 1.29 is 9.47 Å². The molecule has 0 bridgehead atoms. The maximum atomic E-state index is 5.10. The molecule has 0 radical (unpaired) electrons. The van der Waals surface area contributed by atoms with Gasteiger partial charge in [0.1, 0.15) is 0 Å². The topological polar surface area (TPSA) is 18.5 Å². The van der Waals surface area contributed by atoms with Crippen molar-refractivity contribution in [3.8, 4) is 0 Å². The third-order valence-corrected chi connectivity index (χ3v) is 0.882. The predicted molar refractivity (Wildman–Crippen MR) is 37.5 cm³/mol. The quantitative estimate of drug-likeness (QED) is 0.411. The van der Waals surface area contributed by atoms with E-state index in [1.807, 2.05) is 19.1 Å². The van der Waals surface area contributed by atoms with Gasteiger partial charge in [0.25, 0.3) is 0 Å². The number of hydrogen-bond donors (Lipinski definition) is 0. The summed E-state index contributed by atoms with van der Waals surface area (Å²) < 4.78 is 9.88. The molecule has 0 fully saturated rings. The summed E-state index contributed by atoms with van der Waals surface area (Å²) in [5.41, 5.74) is 0. The summed E-state index contributed by atoms with van der Waals surface area (Å²) in [5.74, 6) is 0. The first-order chi connectivity index (χ1) is 4.41. The number of ether oxygens (including phenoxy) is 2. The highest BCUT2D eigenvalue weighted by atomic mass is 16.5. The molecule has 0 aliphatic carbocycles. The molecule has 0 rings (SSSR count). The molecule has 0 unspecified atom stereocenters. The second-order valence-corrected chi connectivity index (χ2v) is 1.64. The van der Waals surface area contributed by atoms with Crippen LogP contribution >= 0.6 is 0 Å². The summed E-state index contributed by atoms with van der Waals surface area (Å²) in [4.78, 5) is 0. The third kappa shape index (κ3) is 7.66. The highest BCUT2D eigenvalue weighted by Gasteiger charge is 1.80. The van der Waals surface area contributed by atoms with Crippen molar-refractivity contribution in [3.63, 3.8) is 0 Å². The fraction of sp³-hybridized carbons (Fsp3) is 0.714. The van der Waals surface area contributed by atoms with E-state index in [4.69, 9.17) is 9.47 Å². The zero-order valence-corrected chi connectivity index (χ0v) is 6.09. The van der Waals surface area contributed by atoms with Crippen molar-refractivity contribution in [1.82, 2.24) is 0 Å². The van der Waals surface area contributed by atoms with Gasteiger partial charge in [0.05, 0.1) is 19.8 Å². The van der Waals surface area contributed by atoms with Crippen molar-refractivity contribution >= 4 is 0 Å². The van der Waals surface area contributed by atoms with Gasteiger partial charge in [-0.05, 0) is 6.92 Å². The Hall–Kier alpha value is -0.340. The lowest BCUT2D eigenvalue weighted by atomic mass is 10.5. The highest BCUT2D eigenvalue weighted by Crippen LogP contribution is 1.77. The molecule has 0 aliphatic heterocycles. The molecule has 0 aromatic heterocycles. The Balaban J connectivity index is 2.75. The molecule has 54 valence electrons. The second-order valence-electron chi connectivity index (χ2n) is 1.64. The molecule has 0 saturated carbocycles. The summed E-state index contributed by atoms with van der Waals surface area (Å²) in [6.07, 6.45) is 3.93. The van der Waals surface area contributed by atoms with Gasteiger partial charge in [-0.15, -0.1) is 0 Å². The van der Waals surface area contributed by atoms with Crippen molar-refractivity contribution in [2.75, 3.05) is 26.9 Å². The largest absolute Gasteiger partial charge is 0.382 e. The Labute approximate surface area is 56.5 Å². The predicted octanol–water partition coefficient (Wildman–Crippen LogP) is 1.23. The molecule has 9 heavy (non-hydrogen) atoms. The number of rotatable bonds is 5. The molecule has 0 aromatic rings. The van der Waals surface area contributed by atoms with Crippen molar-refractivity contribution in [2.45, 2.75) is 6.92 Å². The first kappa shape index (κ1) is 8.66. The molecule has 0 amide bonds. The van der Waals surface area contributed by atoms with E-state index in [2.05, 4.69) is 0 Å². The van der Waals surface area contributed by atoms with Gasteiger partial charge in [0, 0.05) is 7.11 Å². The van der Waals surface area contributed by atoms with Crippen LogP contribution in [0.5, 0.6) is 0 Å². The molecule has 0 N–H and O–H groups in total. The van der Waals surface area contributed by atoms with Crippen molar-refractivity contribution in [2.24, 2.45) is 0 Å². The molecule has 0 saturated heterocycles. The molecule has 2 nitrogen and oxygen atoms in total. The third-order valence-electron chi connectivity index (χ3n) is 0.882. The van der Waals surface area contributed by atoms with Crippen molar-refractivity contribution in [1.29, 1.82) is 0 Å². The van der Waals surface area contributed by atoms with Crippen LogP contribution in [-0.2, 0) is 9.47 Å². The maximum absolute atomic E-state index is 5.10. The van der Waals surface area contributed by atoms with Gasteiger partial charge in [-0.3, -0.25) is 0 Å². The fourth-order valence-electron chi connectivity index (χ4n) is 0.390. The van der Waals surface area contributed by atoms with Gasteiger partial charge >= 0.3 is 0 Å².